The minimum atomic E-state index is -0.223. The van der Waals surface area contributed by atoms with E-state index in [0.29, 0.717) is 12.5 Å². The monoisotopic (exact) mass is 253 g/mol. The maximum absolute atomic E-state index is 12.7. The number of rotatable bonds is 2. The van der Waals surface area contributed by atoms with Crippen LogP contribution >= 0.6 is 11.8 Å². The molecule has 0 bridgehead atoms. The quantitative estimate of drug-likeness (QED) is 0.644. The molecule has 1 saturated heterocycles. The summed E-state index contributed by atoms with van der Waals surface area (Å²) in [6.07, 6.45) is 0. The van der Waals surface area contributed by atoms with E-state index < -0.39 is 0 Å². The lowest BCUT2D eigenvalue weighted by atomic mass is 10.2. The number of benzene rings is 1. The molecule has 1 heterocycles. The van der Waals surface area contributed by atoms with Crippen molar-refractivity contribution in [3.05, 3.63) is 35.6 Å². The summed E-state index contributed by atoms with van der Waals surface area (Å²) in [5, 5.41) is 0. The van der Waals surface area contributed by atoms with Gasteiger partial charge >= 0.3 is 0 Å². The van der Waals surface area contributed by atoms with E-state index in [1.807, 2.05) is 11.8 Å². The second-order valence-electron chi connectivity index (χ2n) is 3.90. The maximum Gasteiger partial charge on any atom is 0.191 e. The highest BCUT2D eigenvalue weighted by molar-refractivity contribution is 7.99. The first-order chi connectivity index (χ1) is 8.25. The number of hydrogen-bond donors (Lipinski definition) is 1. The van der Waals surface area contributed by atoms with Crippen LogP contribution in [-0.4, -0.2) is 35.5 Å². The number of thioether (sulfide) groups is 1. The Bertz CT molecular complexity index is 385. The summed E-state index contributed by atoms with van der Waals surface area (Å²) in [5.74, 6) is 2.58. The van der Waals surface area contributed by atoms with E-state index in [4.69, 9.17) is 5.73 Å². The van der Waals surface area contributed by atoms with Gasteiger partial charge in [-0.2, -0.15) is 11.8 Å². The third kappa shape index (κ3) is 3.63. The van der Waals surface area contributed by atoms with Crippen LogP contribution in [0.2, 0.25) is 0 Å². The molecule has 5 heteroatoms. The van der Waals surface area contributed by atoms with Gasteiger partial charge in [0.05, 0.1) is 6.54 Å². The molecule has 3 nitrogen and oxygen atoms in total. The van der Waals surface area contributed by atoms with Crippen molar-refractivity contribution in [2.24, 2.45) is 10.7 Å². The Kier molecular flexibility index (Phi) is 4.25. The van der Waals surface area contributed by atoms with Gasteiger partial charge in [0.1, 0.15) is 5.82 Å². The fraction of sp³-hybridized carbons (Fsp3) is 0.417. The van der Waals surface area contributed by atoms with Gasteiger partial charge in [-0.3, -0.25) is 0 Å². The minimum absolute atomic E-state index is 0.223. The minimum Gasteiger partial charge on any atom is -0.370 e. The van der Waals surface area contributed by atoms with Gasteiger partial charge in [0.15, 0.2) is 5.96 Å². The van der Waals surface area contributed by atoms with Crippen LogP contribution < -0.4 is 5.73 Å². The highest BCUT2D eigenvalue weighted by Crippen LogP contribution is 2.09. The van der Waals surface area contributed by atoms with Crippen LogP contribution in [-0.2, 0) is 6.54 Å². The number of hydrogen-bond acceptors (Lipinski definition) is 2. The molecule has 92 valence electrons. The molecule has 1 aliphatic rings. The van der Waals surface area contributed by atoms with Gasteiger partial charge in [0.25, 0.3) is 0 Å². The van der Waals surface area contributed by atoms with Crippen molar-refractivity contribution in [3.63, 3.8) is 0 Å². The topological polar surface area (TPSA) is 41.6 Å². The Hall–Kier alpha value is -1.23. The number of guanidine groups is 1. The van der Waals surface area contributed by atoms with Crippen LogP contribution in [0.5, 0.6) is 0 Å². The van der Waals surface area contributed by atoms with Gasteiger partial charge in [-0.15, -0.1) is 0 Å². The molecule has 1 aromatic rings. The van der Waals surface area contributed by atoms with Crippen LogP contribution in [0.4, 0.5) is 4.39 Å². The van der Waals surface area contributed by atoms with Gasteiger partial charge in [0.2, 0.25) is 0 Å². The maximum atomic E-state index is 12.7. The third-order valence-electron chi connectivity index (χ3n) is 2.67. The molecule has 0 aromatic heterocycles. The average molecular weight is 253 g/mol. The molecule has 2 N–H and O–H groups in total. The Morgan fingerprint density at radius 1 is 1.29 bits per heavy atom. The first-order valence-electron chi connectivity index (χ1n) is 5.63. The number of aliphatic imine (C=N–C) groups is 1. The van der Waals surface area contributed by atoms with Gasteiger partial charge in [0, 0.05) is 24.6 Å². The molecule has 1 aromatic carbocycles. The second kappa shape index (κ2) is 5.91. The molecule has 0 atom stereocenters. The fourth-order valence-electron chi connectivity index (χ4n) is 1.65. The lowest BCUT2D eigenvalue weighted by molar-refractivity contribution is 0.455. The van der Waals surface area contributed by atoms with E-state index in [-0.39, 0.29) is 5.82 Å². The zero-order valence-corrected chi connectivity index (χ0v) is 10.4. The van der Waals surface area contributed by atoms with Crippen molar-refractivity contribution in [2.45, 2.75) is 6.54 Å². The molecular formula is C12H16FN3S. The summed E-state index contributed by atoms with van der Waals surface area (Å²) in [4.78, 5) is 6.43. The van der Waals surface area contributed by atoms with Crippen molar-refractivity contribution in [3.8, 4) is 0 Å². The van der Waals surface area contributed by atoms with Crippen molar-refractivity contribution in [2.75, 3.05) is 24.6 Å². The highest BCUT2D eigenvalue weighted by Gasteiger charge is 2.11. The predicted molar refractivity (Wildman–Crippen MR) is 70.6 cm³/mol. The summed E-state index contributed by atoms with van der Waals surface area (Å²) in [6, 6.07) is 6.35. The Morgan fingerprint density at radius 2 is 1.94 bits per heavy atom. The van der Waals surface area contributed by atoms with Gasteiger partial charge in [-0.1, -0.05) is 12.1 Å². The van der Waals surface area contributed by atoms with E-state index in [2.05, 4.69) is 9.89 Å². The molecule has 0 amide bonds. The largest absolute Gasteiger partial charge is 0.370 e. The number of halogens is 1. The molecule has 0 saturated carbocycles. The SMILES string of the molecule is NC(=NCc1ccc(F)cc1)N1CCSCC1. The Balaban J connectivity index is 1.92. The first-order valence-corrected chi connectivity index (χ1v) is 6.78. The lowest BCUT2D eigenvalue weighted by Crippen LogP contribution is -2.42. The summed E-state index contributed by atoms with van der Waals surface area (Å²) < 4.78 is 12.7. The zero-order valence-electron chi connectivity index (χ0n) is 9.60. The van der Waals surface area contributed by atoms with Crippen molar-refractivity contribution < 1.29 is 4.39 Å². The molecule has 0 radical (unpaired) electrons. The van der Waals surface area contributed by atoms with Crippen molar-refractivity contribution in [1.29, 1.82) is 0 Å². The molecular weight excluding hydrogens is 237 g/mol. The number of nitrogens with two attached hydrogens (primary N) is 1. The van der Waals surface area contributed by atoms with Gasteiger partial charge in [-0.05, 0) is 17.7 Å². The van der Waals surface area contributed by atoms with E-state index in [1.54, 1.807) is 12.1 Å². The Morgan fingerprint density at radius 3 is 2.59 bits per heavy atom. The Labute approximate surface area is 105 Å². The zero-order chi connectivity index (χ0) is 12.1. The molecule has 2 rings (SSSR count). The van der Waals surface area contributed by atoms with Crippen molar-refractivity contribution in [1.82, 2.24) is 4.90 Å². The van der Waals surface area contributed by atoms with E-state index in [1.165, 1.54) is 12.1 Å². The van der Waals surface area contributed by atoms with Crippen LogP contribution in [0, 0.1) is 5.82 Å². The standard InChI is InChI=1S/C12H16FN3S/c13-11-3-1-10(2-4-11)9-15-12(14)16-5-7-17-8-6-16/h1-4H,5-9H2,(H2,14,15). The molecule has 1 aliphatic heterocycles. The van der Waals surface area contributed by atoms with E-state index >= 15 is 0 Å². The van der Waals surface area contributed by atoms with Crippen molar-refractivity contribution >= 4 is 17.7 Å². The third-order valence-corrected chi connectivity index (χ3v) is 3.61. The molecule has 0 aliphatic carbocycles. The summed E-state index contributed by atoms with van der Waals surface area (Å²) in [6.45, 7) is 2.43. The first kappa shape index (κ1) is 12.2. The van der Waals surface area contributed by atoms with Gasteiger partial charge < -0.3 is 10.6 Å². The van der Waals surface area contributed by atoms with Gasteiger partial charge in [-0.25, -0.2) is 9.38 Å². The number of nitrogens with zero attached hydrogens (tertiary/aromatic N) is 2. The van der Waals surface area contributed by atoms with Crippen LogP contribution in [0.25, 0.3) is 0 Å². The summed E-state index contributed by atoms with van der Waals surface area (Å²) >= 11 is 1.94. The summed E-state index contributed by atoms with van der Waals surface area (Å²) in [7, 11) is 0. The normalized spacial score (nSPS) is 17.2. The second-order valence-corrected chi connectivity index (χ2v) is 5.13. The summed E-state index contributed by atoms with van der Waals surface area (Å²) in [5.41, 5.74) is 6.89. The molecule has 0 spiro atoms. The molecule has 1 fully saturated rings. The van der Waals surface area contributed by atoms with E-state index in [9.17, 15) is 4.39 Å². The van der Waals surface area contributed by atoms with Crippen LogP contribution in [0.3, 0.4) is 0 Å². The fourth-order valence-corrected chi connectivity index (χ4v) is 2.56. The lowest BCUT2D eigenvalue weighted by Gasteiger charge is -2.27. The average Bonchev–Trinajstić information content (AvgIpc) is 2.39. The highest BCUT2D eigenvalue weighted by atomic mass is 32.2. The smallest absolute Gasteiger partial charge is 0.191 e. The van der Waals surface area contributed by atoms with Crippen LogP contribution in [0.15, 0.2) is 29.3 Å². The molecule has 0 unspecified atom stereocenters. The van der Waals surface area contributed by atoms with E-state index in [0.717, 1.165) is 30.2 Å². The van der Waals surface area contributed by atoms with Crippen LogP contribution in [0.1, 0.15) is 5.56 Å². The predicted octanol–water partition coefficient (Wildman–Crippen LogP) is 1.69. The molecule has 17 heavy (non-hydrogen) atoms.